The van der Waals surface area contributed by atoms with Crippen molar-refractivity contribution in [2.45, 2.75) is 58.3 Å². The molecule has 2 fully saturated rings. The summed E-state index contributed by atoms with van der Waals surface area (Å²) in [5.74, 6) is 0.978. The molecule has 1 amide bonds. The highest BCUT2D eigenvalue weighted by Crippen LogP contribution is 2.21. The van der Waals surface area contributed by atoms with E-state index in [0.29, 0.717) is 5.92 Å². The van der Waals surface area contributed by atoms with Crippen LogP contribution in [0.1, 0.15) is 40.0 Å². The van der Waals surface area contributed by atoms with E-state index in [1.54, 1.807) is 0 Å². The van der Waals surface area contributed by atoms with Gasteiger partial charge in [-0.3, -0.25) is 4.79 Å². The van der Waals surface area contributed by atoms with Crippen LogP contribution in [0.4, 0.5) is 0 Å². The minimum atomic E-state index is 0.0289. The van der Waals surface area contributed by atoms with E-state index in [1.807, 2.05) is 18.7 Å². The first kappa shape index (κ1) is 13.8. The Hall–Kier alpha value is -0.610. The predicted octanol–water partition coefficient (Wildman–Crippen LogP) is 1.40. The van der Waals surface area contributed by atoms with Crippen molar-refractivity contribution in [3.05, 3.63) is 0 Å². The van der Waals surface area contributed by atoms with Gasteiger partial charge in [-0.2, -0.15) is 0 Å². The van der Waals surface area contributed by atoms with Crippen LogP contribution in [0.2, 0.25) is 0 Å². The number of rotatable bonds is 2. The van der Waals surface area contributed by atoms with E-state index >= 15 is 0 Å². The van der Waals surface area contributed by atoms with Gasteiger partial charge in [0.25, 0.3) is 0 Å². The van der Waals surface area contributed by atoms with Crippen LogP contribution < -0.4 is 5.32 Å². The molecule has 1 N–H and O–H groups in total. The summed E-state index contributed by atoms with van der Waals surface area (Å²) in [4.78, 5) is 14.5. The number of amides is 1. The second kappa shape index (κ2) is 6.02. The molecule has 4 heteroatoms. The number of piperidine rings is 1. The number of nitrogens with zero attached hydrogens (tertiary/aromatic N) is 1. The fraction of sp³-hybridized carbons (Fsp3) is 0.929. The summed E-state index contributed by atoms with van der Waals surface area (Å²) in [6.07, 6.45) is 3.69. The normalized spacial score (nSPS) is 37.6. The fourth-order valence-corrected chi connectivity index (χ4v) is 3.13. The highest BCUT2D eigenvalue weighted by atomic mass is 16.5. The smallest absolute Gasteiger partial charge is 0.239 e. The summed E-state index contributed by atoms with van der Waals surface area (Å²) in [5.41, 5.74) is 0. The van der Waals surface area contributed by atoms with Crippen LogP contribution in [0, 0.1) is 5.92 Å². The first-order valence-electron chi connectivity index (χ1n) is 7.27. The van der Waals surface area contributed by atoms with Crippen molar-refractivity contribution < 1.29 is 9.53 Å². The molecular formula is C14H26N2O2. The van der Waals surface area contributed by atoms with Crippen LogP contribution in [0.3, 0.4) is 0 Å². The number of ether oxygens (including phenoxy) is 1. The summed E-state index contributed by atoms with van der Waals surface area (Å²) in [7, 11) is 0. The highest BCUT2D eigenvalue weighted by Gasteiger charge is 2.33. The molecule has 2 aliphatic heterocycles. The maximum atomic E-state index is 12.5. The monoisotopic (exact) mass is 254 g/mol. The lowest BCUT2D eigenvalue weighted by atomic mass is 9.89. The molecule has 0 aromatic carbocycles. The van der Waals surface area contributed by atoms with E-state index in [1.165, 1.54) is 12.8 Å². The Balaban J connectivity index is 1.93. The van der Waals surface area contributed by atoms with Gasteiger partial charge in [-0.1, -0.05) is 13.3 Å². The molecule has 18 heavy (non-hydrogen) atoms. The molecule has 0 bridgehead atoms. The SMILES string of the molecule is CCC1CCNC(C(=O)N2C[C@@H](C)O[C@@H](C)C2)C1. The second-order valence-corrected chi connectivity index (χ2v) is 5.81. The molecular weight excluding hydrogens is 228 g/mol. The van der Waals surface area contributed by atoms with Gasteiger partial charge in [0, 0.05) is 13.1 Å². The summed E-state index contributed by atoms with van der Waals surface area (Å²) in [5, 5.41) is 3.38. The van der Waals surface area contributed by atoms with Crippen molar-refractivity contribution in [3.8, 4) is 0 Å². The van der Waals surface area contributed by atoms with Crippen LogP contribution in [-0.2, 0) is 9.53 Å². The van der Waals surface area contributed by atoms with Gasteiger partial charge in [0.1, 0.15) is 0 Å². The molecule has 2 unspecified atom stereocenters. The van der Waals surface area contributed by atoms with Gasteiger partial charge in [0.15, 0.2) is 0 Å². The molecule has 2 aliphatic rings. The Bertz CT molecular complexity index is 286. The number of carbonyl (C=O) groups is 1. The van der Waals surface area contributed by atoms with Crippen LogP contribution >= 0.6 is 0 Å². The van der Waals surface area contributed by atoms with E-state index in [-0.39, 0.29) is 24.2 Å². The van der Waals surface area contributed by atoms with Crippen molar-refractivity contribution in [1.82, 2.24) is 10.2 Å². The minimum absolute atomic E-state index is 0.0289. The third-order valence-electron chi connectivity index (χ3n) is 4.12. The summed E-state index contributed by atoms with van der Waals surface area (Å²) >= 11 is 0. The van der Waals surface area contributed by atoms with E-state index < -0.39 is 0 Å². The third kappa shape index (κ3) is 3.23. The molecule has 2 heterocycles. The molecule has 2 rings (SSSR count). The molecule has 4 atom stereocenters. The maximum Gasteiger partial charge on any atom is 0.239 e. The first-order valence-corrected chi connectivity index (χ1v) is 7.27. The Morgan fingerprint density at radius 3 is 2.61 bits per heavy atom. The molecule has 0 radical (unpaired) electrons. The van der Waals surface area contributed by atoms with E-state index in [2.05, 4.69) is 12.2 Å². The van der Waals surface area contributed by atoms with Crippen LogP contribution in [0.15, 0.2) is 0 Å². The number of nitrogens with one attached hydrogen (secondary N) is 1. The Morgan fingerprint density at radius 2 is 2.00 bits per heavy atom. The maximum absolute atomic E-state index is 12.5. The third-order valence-corrected chi connectivity index (χ3v) is 4.12. The van der Waals surface area contributed by atoms with Crippen molar-refractivity contribution in [2.75, 3.05) is 19.6 Å². The average Bonchev–Trinajstić information content (AvgIpc) is 2.37. The van der Waals surface area contributed by atoms with Crippen molar-refractivity contribution in [3.63, 3.8) is 0 Å². The molecule has 2 saturated heterocycles. The molecule has 0 aliphatic carbocycles. The van der Waals surface area contributed by atoms with Crippen molar-refractivity contribution in [2.24, 2.45) is 5.92 Å². The highest BCUT2D eigenvalue weighted by molar-refractivity contribution is 5.82. The largest absolute Gasteiger partial charge is 0.372 e. The lowest BCUT2D eigenvalue weighted by Crippen LogP contribution is -2.55. The van der Waals surface area contributed by atoms with E-state index in [0.717, 1.165) is 26.1 Å². The van der Waals surface area contributed by atoms with E-state index in [4.69, 9.17) is 4.74 Å². The van der Waals surface area contributed by atoms with Crippen LogP contribution in [0.5, 0.6) is 0 Å². The molecule has 0 saturated carbocycles. The molecule has 0 spiro atoms. The van der Waals surface area contributed by atoms with Gasteiger partial charge < -0.3 is 15.0 Å². The topological polar surface area (TPSA) is 41.6 Å². The number of carbonyl (C=O) groups excluding carboxylic acids is 1. The molecule has 104 valence electrons. The van der Waals surface area contributed by atoms with Gasteiger partial charge in [-0.15, -0.1) is 0 Å². The lowest BCUT2D eigenvalue weighted by Gasteiger charge is -2.39. The second-order valence-electron chi connectivity index (χ2n) is 5.81. The fourth-order valence-electron chi connectivity index (χ4n) is 3.13. The zero-order valence-electron chi connectivity index (χ0n) is 11.8. The van der Waals surface area contributed by atoms with E-state index in [9.17, 15) is 4.79 Å². The van der Waals surface area contributed by atoms with Gasteiger partial charge in [0.2, 0.25) is 5.91 Å². The summed E-state index contributed by atoms with van der Waals surface area (Å²) in [6.45, 7) is 8.75. The van der Waals surface area contributed by atoms with Crippen LogP contribution in [0.25, 0.3) is 0 Å². The predicted molar refractivity (Wildman–Crippen MR) is 71.4 cm³/mol. The Morgan fingerprint density at radius 1 is 1.33 bits per heavy atom. The zero-order chi connectivity index (χ0) is 13.1. The quantitative estimate of drug-likeness (QED) is 0.810. The van der Waals surface area contributed by atoms with Crippen molar-refractivity contribution >= 4 is 5.91 Å². The van der Waals surface area contributed by atoms with Gasteiger partial charge >= 0.3 is 0 Å². The summed E-state index contributed by atoms with van der Waals surface area (Å²) in [6, 6.07) is 0.0289. The Kier molecular flexibility index (Phi) is 4.62. The summed E-state index contributed by atoms with van der Waals surface area (Å²) < 4.78 is 5.68. The standard InChI is InChI=1S/C14H26N2O2/c1-4-12-5-6-15-13(7-12)14(17)16-8-10(2)18-11(3)9-16/h10-13,15H,4-9H2,1-3H3/t10-,11+,12?,13?. The number of hydrogen-bond acceptors (Lipinski definition) is 3. The minimum Gasteiger partial charge on any atom is -0.372 e. The van der Waals surface area contributed by atoms with Gasteiger partial charge in [0.05, 0.1) is 18.2 Å². The molecule has 0 aromatic heterocycles. The number of hydrogen-bond donors (Lipinski definition) is 1. The molecule has 4 nitrogen and oxygen atoms in total. The lowest BCUT2D eigenvalue weighted by molar-refractivity contribution is -0.146. The van der Waals surface area contributed by atoms with Crippen molar-refractivity contribution in [1.29, 1.82) is 0 Å². The van der Waals surface area contributed by atoms with Gasteiger partial charge in [-0.25, -0.2) is 0 Å². The Labute approximate surface area is 110 Å². The average molecular weight is 254 g/mol. The number of morpholine rings is 1. The zero-order valence-corrected chi connectivity index (χ0v) is 11.8. The van der Waals surface area contributed by atoms with Crippen LogP contribution in [-0.4, -0.2) is 48.7 Å². The van der Waals surface area contributed by atoms with Gasteiger partial charge in [-0.05, 0) is 39.2 Å². The molecule has 0 aromatic rings. The first-order chi connectivity index (χ1) is 8.60.